The number of piperazine rings is 1. The topological polar surface area (TPSA) is 52.2 Å². The predicted octanol–water partition coefficient (Wildman–Crippen LogP) is 3.80. The Balaban J connectivity index is 1.49. The van der Waals surface area contributed by atoms with Gasteiger partial charge in [-0.3, -0.25) is 9.89 Å². The normalized spacial score (nSPS) is 14.5. The van der Waals surface area contributed by atoms with E-state index < -0.39 is 0 Å². The molecular weight excluding hydrogens is 392 g/mol. The van der Waals surface area contributed by atoms with Crippen molar-refractivity contribution < 1.29 is 4.79 Å². The minimum Gasteiger partial charge on any atom is -0.368 e. The van der Waals surface area contributed by atoms with Crippen LogP contribution in [0.25, 0.3) is 11.3 Å². The van der Waals surface area contributed by atoms with Crippen LogP contribution in [0.2, 0.25) is 0 Å². The van der Waals surface area contributed by atoms with E-state index in [1.54, 1.807) is 6.20 Å². The quantitative estimate of drug-likeness (QED) is 0.714. The number of anilines is 1. The number of halogens is 1. The molecule has 2 heterocycles. The number of carbonyl (C=O) groups is 1. The minimum absolute atomic E-state index is 0.0291. The Kier molecular flexibility index (Phi) is 4.75. The van der Waals surface area contributed by atoms with Gasteiger partial charge in [0.25, 0.3) is 5.91 Å². The summed E-state index contributed by atoms with van der Waals surface area (Å²) in [6, 6.07) is 18.2. The lowest BCUT2D eigenvalue weighted by molar-refractivity contribution is 0.0747. The first-order valence-electron chi connectivity index (χ1n) is 8.61. The number of carbonyl (C=O) groups excluding carboxylic acids is 1. The lowest BCUT2D eigenvalue weighted by atomic mass is 10.1. The van der Waals surface area contributed by atoms with E-state index in [-0.39, 0.29) is 5.91 Å². The summed E-state index contributed by atoms with van der Waals surface area (Å²) in [5, 5.41) is 7.08. The molecule has 0 spiro atoms. The molecule has 4 rings (SSSR count). The molecule has 0 radical (unpaired) electrons. The molecule has 0 atom stereocenters. The number of hydrogen-bond donors (Lipinski definition) is 1. The van der Waals surface area contributed by atoms with Crippen molar-refractivity contribution in [3.8, 4) is 11.3 Å². The van der Waals surface area contributed by atoms with Gasteiger partial charge in [0.2, 0.25) is 0 Å². The van der Waals surface area contributed by atoms with E-state index in [4.69, 9.17) is 0 Å². The molecule has 1 N–H and O–H groups in total. The van der Waals surface area contributed by atoms with Crippen molar-refractivity contribution in [1.29, 1.82) is 0 Å². The average molecular weight is 411 g/mol. The second kappa shape index (κ2) is 7.33. The summed E-state index contributed by atoms with van der Waals surface area (Å²) in [5.74, 6) is 0.0291. The average Bonchev–Trinajstić information content (AvgIpc) is 3.18. The summed E-state index contributed by atoms with van der Waals surface area (Å²) in [6.45, 7) is 3.08. The zero-order valence-electron chi connectivity index (χ0n) is 14.2. The fourth-order valence-corrected chi connectivity index (χ4v) is 3.69. The van der Waals surface area contributed by atoms with Gasteiger partial charge in [-0.05, 0) is 24.3 Å². The highest BCUT2D eigenvalue weighted by molar-refractivity contribution is 9.10. The highest BCUT2D eigenvalue weighted by Gasteiger charge is 2.25. The van der Waals surface area contributed by atoms with Gasteiger partial charge < -0.3 is 9.80 Å². The van der Waals surface area contributed by atoms with Gasteiger partial charge in [-0.25, -0.2) is 0 Å². The van der Waals surface area contributed by atoms with E-state index in [2.05, 4.69) is 43.2 Å². The molecule has 26 heavy (non-hydrogen) atoms. The lowest BCUT2D eigenvalue weighted by Gasteiger charge is -2.36. The van der Waals surface area contributed by atoms with E-state index >= 15 is 0 Å². The van der Waals surface area contributed by atoms with E-state index in [9.17, 15) is 4.79 Å². The van der Waals surface area contributed by atoms with Crippen molar-refractivity contribution >= 4 is 27.5 Å². The number of aromatic nitrogens is 2. The second-order valence-corrected chi connectivity index (χ2v) is 7.20. The molecule has 1 aliphatic rings. The number of H-pyrrole nitrogens is 1. The van der Waals surface area contributed by atoms with Crippen LogP contribution >= 0.6 is 15.9 Å². The molecule has 0 bridgehead atoms. The van der Waals surface area contributed by atoms with Gasteiger partial charge in [-0.15, -0.1) is 0 Å². The largest absolute Gasteiger partial charge is 0.368 e. The third kappa shape index (κ3) is 3.37. The Labute approximate surface area is 160 Å². The van der Waals surface area contributed by atoms with Crippen LogP contribution in [-0.2, 0) is 0 Å². The Morgan fingerprint density at radius 1 is 1.00 bits per heavy atom. The maximum atomic E-state index is 13.0. The van der Waals surface area contributed by atoms with Crippen LogP contribution in [0.3, 0.4) is 0 Å². The number of nitrogens with one attached hydrogen (secondary N) is 1. The highest BCUT2D eigenvalue weighted by Crippen LogP contribution is 2.26. The fourth-order valence-electron chi connectivity index (χ4n) is 3.29. The van der Waals surface area contributed by atoms with Crippen LogP contribution in [0.15, 0.2) is 65.3 Å². The number of amides is 1. The smallest absolute Gasteiger partial charge is 0.257 e. The number of hydrogen-bond acceptors (Lipinski definition) is 3. The third-order valence-corrected chi connectivity index (χ3v) is 5.16. The first-order valence-corrected chi connectivity index (χ1v) is 9.40. The maximum absolute atomic E-state index is 13.0. The van der Waals surface area contributed by atoms with Gasteiger partial charge >= 0.3 is 0 Å². The molecule has 1 aliphatic heterocycles. The first-order chi connectivity index (χ1) is 12.7. The molecule has 1 aromatic heterocycles. The first kappa shape index (κ1) is 16.8. The summed E-state index contributed by atoms with van der Waals surface area (Å²) in [4.78, 5) is 17.2. The van der Waals surface area contributed by atoms with Gasteiger partial charge in [0.1, 0.15) is 0 Å². The van der Waals surface area contributed by atoms with Crippen molar-refractivity contribution in [1.82, 2.24) is 15.1 Å². The molecule has 0 unspecified atom stereocenters. The number of nitrogens with zero attached hydrogens (tertiary/aromatic N) is 3. The molecule has 2 aromatic carbocycles. The molecule has 132 valence electrons. The monoisotopic (exact) mass is 410 g/mol. The summed E-state index contributed by atoms with van der Waals surface area (Å²) < 4.78 is 0.972. The van der Waals surface area contributed by atoms with Gasteiger partial charge in [-0.2, -0.15) is 5.10 Å². The van der Waals surface area contributed by atoms with Crippen LogP contribution in [0, 0.1) is 0 Å². The molecule has 6 heteroatoms. The lowest BCUT2D eigenvalue weighted by Crippen LogP contribution is -2.48. The van der Waals surface area contributed by atoms with E-state index in [1.807, 2.05) is 47.4 Å². The van der Waals surface area contributed by atoms with Crippen LogP contribution in [-0.4, -0.2) is 47.2 Å². The second-order valence-electron chi connectivity index (χ2n) is 6.28. The Morgan fingerprint density at radius 3 is 2.50 bits per heavy atom. The van der Waals surface area contributed by atoms with Crippen molar-refractivity contribution in [3.05, 3.63) is 70.8 Å². The number of benzene rings is 2. The summed E-state index contributed by atoms with van der Waals surface area (Å²) in [5.41, 5.74) is 3.54. The molecule has 5 nitrogen and oxygen atoms in total. The van der Waals surface area contributed by atoms with Crippen molar-refractivity contribution in [2.24, 2.45) is 0 Å². The minimum atomic E-state index is 0.0291. The summed E-state index contributed by atoms with van der Waals surface area (Å²) in [7, 11) is 0. The summed E-state index contributed by atoms with van der Waals surface area (Å²) in [6.07, 6.45) is 1.63. The zero-order chi connectivity index (χ0) is 17.9. The standard InChI is InChI=1S/C20H19BrN4O/c21-16-6-4-5-15(13-16)19-18(14-22-23-19)20(26)25-11-9-24(10-12-25)17-7-2-1-3-8-17/h1-8,13-14H,9-12H2,(H,22,23). The van der Waals surface area contributed by atoms with Crippen molar-refractivity contribution in [2.75, 3.05) is 31.1 Å². The molecule has 1 saturated heterocycles. The van der Waals surface area contributed by atoms with Crippen LogP contribution in [0.5, 0.6) is 0 Å². The predicted molar refractivity (Wildman–Crippen MR) is 106 cm³/mol. The Hall–Kier alpha value is -2.60. The highest BCUT2D eigenvalue weighted by atomic mass is 79.9. The van der Waals surface area contributed by atoms with Gasteiger partial charge in [-0.1, -0.05) is 46.3 Å². The molecule has 0 saturated carbocycles. The van der Waals surface area contributed by atoms with Crippen molar-refractivity contribution in [2.45, 2.75) is 0 Å². The number of aromatic amines is 1. The SMILES string of the molecule is O=C(c1cn[nH]c1-c1cccc(Br)c1)N1CCN(c2ccccc2)CC1. The van der Waals surface area contributed by atoms with Gasteiger partial charge in [0.05, 0.1) is 17.5 Å². The fraction of sp³-hybridized carbons (Fsp3) is 0.200. The Bertz CT molecular complexity index is 901. The number of rotatable bonds is 3. The van der Waals surface area contributed by atoms with Gasteiger partial charge in [0.15, 0.2) is 0 Å². The molecule has 3 aromatic rings. The maximum Gasteiger partial charge on any atom is 0.257 e. The molecule has 0 aliphatic carbocycles. The Morgan fingerprint density at radius 2 is 1.77 bits per heavy atom. The molecule has 1 amide bonds. The van der Waals surface area contributed by atoms with Crippen LogP contribution < -0.4 is 4.90 Å². The van der Waals surface area contributed by atoms with Crippen LogP contribution in [0.4, 0.5) is 5.69 Å². The van der Waals surface area contributed by atoms with E-state index in [1.165, 1.54) is 5.69 Å². The number of para-hydroxylation sites is 1. The van der Waals surface area contributed by atoms with Crippen LogP contribution in [0.1, 0.15) is 10.4 Å². The molecular formula is C20H19BrN4O. The molecule has 1 fully saturated rings. The van der Waals surface area contributed by atoms with Crippen molar-refractivity contribution in [3.63, 3.8) is 0 Å². The van der Waals surface area contributed by atoms with Gasteiger partial charge in [0, 0.05) is 41.9 Å². The van der Waals surface area contributed by atoms with E-state index in [0.717, 1.165) is 28.8 Å². The zero-order valence-corrected chi connectivity index (χ0v) is 15.8. The summed E-state index contributed by atoms with van der Waals surface area (Å²) >= 11 is 3.48. The van der Waals surface area contributed by atoms with E-state index in [0.29, 0.717) is 18.7 Å². The third-order valence-electron chi connectivity index (χ3n) is 4.67.